The fraction of sp³-hybridized carbons (Fsp3) is 0.947. The molecule has 4 atom stereocenters. The number of Topliss-reactive ketones (excluding diaryl/α,β-unsaturated/α-hetero) is 1. The van der Waals surface area contributed by atoms with Gasteiger partial charge >= 0.3 is 0 Å². The van der Waals surface area contributed by atoms with E-state index < -0.39 is 0 Å². The van der Waals surface area contributed by atoms with Crippen LogP contribution in [0, 0.1) is 29.6 Å². The molecule has 3 fully saturated rings. The fourth-order valence-corrected chi connectivity index (χ4v) is 5.08. The van der Waals surface area contributed by atoms with E-state index in [1.165, 1.54) is 45.2 Å². The van der Waals surface area contributed by atoms with Crippen molar-refractivity contribution >= 4 is 5.78 Å². The van der Waals surface area contributed by atoms with E-state index >= 15 is 0 Å². The highest BCUT2D eigenvalue weighted by molar-refractivity contribution is 5.82. The molecule has 0 amide bonds. The van der Waals surface area contributed by atoms with E-state index in [4.69, 9.17) is 0 Å². The summed E-state index contributed by atoms with van der Waals surface area (Å²) in [5, 5.41) is 0. The Morgan fingerprint density at radius 1 is 1.10 bits per heavy atom. The van der Waals surface area contributed by atoms with E-state index in [1.807, 2.05) is 0 Å². The second-order valence-corrected chi connectivity index (χ2v) is 8.29. The maximum Gasteiger partial charge on any atom is 0.137 e. The van der Waals surface area contributed by atoms with Crippen molar-refractivity contribution in [2.75, 3.05) is 19.6 Å². The molecule has 1 aliphatic heterocycles. The largest absolute Gasteiger partial charge is 0.302 e. The summed E-state index contributed by atoms with van der Waals surface area (Å²) in [4.78, 5) is 14.9. The van der Waals surface area contributed by atoms with E-state index in [2.05, 4.69) is 18.7 Å². The van der Waals surface area contributed by atoms with Gasteiger partial charge in [0.25, 0.3) is 0 Å². The van der Waals surface area contributed by atoms with Crippen LogP contribution in [0.3, 0.4) is 0 Å². The molecule has 0 bridgehead atoms. The van der Waals surface area contributed by atoms with Crippen molar-refractivity contribution in [2.45, 2.75) is 65.2 Å². The highest BCUT2D eigenvalue weighted by atomic mass is 16.1. The maximum absolute atomic E-state index is 12.3. The second-order valence-electron chi connectivity index (χ2n) is 8.29. The molecule has 0 N–H and O–H groups in total. The van der Waals surface area contributed by atoms with E-state index in [9.17, 15) is 4.79 Å². The molecule has 1 heterocycles. The summed E-state index contributed by atoms with van der Waals surface area (Å²) in [6, 6.07) is 0. The number of carbonyl (C=O) groups is 1. The van der Waals surface area contributed by atoms with Crippen molar-refractivity contribution in [2.24, 2.45) is 29.6 Å². The van der Waals surface area contributed by atoms with Crippen molar-refractivity contribution in [3.05, 3.63) is 0 Å². The predicted molar refractivity (Wildman–Crippen MR) is 87.2 cm³/mol. The SMILES string of the molecule is CC(C)C1CCC(=O)C(CN2CCC3CCCCC3C2)C1. The van der Waals surface area contributed by atoms with E-state index in [0.717, 1.165) is 49.5 Å². The quantitative estimate of drug-likeness (QED) is 0.779. The van der Waals surface area contributed by atoms with E-state index in [1.54, 1.807) is 0 Å². The van der Waals surface area contributed by atoms with E-state index in [0.29, 0.717) is 11.7 Å². The molecule has 0 spiro atoms. The molecule has 3 aliphatic rings. The summed E-state index contributed by atoms with van der Waals surface area (Å²) < 4.78 is 0. The van der Waals surface area contributed by atoms with Crippen LogP contribution in [0.4, 0.5) is 0 Å². The van der Waals surface area contributed by atoms with Gasteiger partial charge in [0.05, 0.1) is 0 Å². The van der Waals surface area contributed by atoms with Crippen molar-refractivity contribution in [1.82, 2.24) is 4.90 Å². The van der Waals surface area contributed by atoms with Gasteiger partial charge in [-0.05, 0) is 55.9 Å². The van der Waals surface area contributed by atoms with Gasteiger partial charge in [-0.1, -0.05) is 33.1 Å². The Balaban J connectivity index is 1.54. The number of fused-ring (bicyclic) bond motifs is 1. The Hall–Kier alpha value is -0.370. The molecule has 0 radical (unpaired) electrons. The first-order chi connectivity index (χ1) is 10.1. The van der Waals surface area contributed by atoms with Gasteiger partial charge in [-0.3, -0.25) is 4.79 Å². The normalized spacial score (nSPS) is 38.5. The molecule has 2 nitrogen and oxygen atoms in total. The van der Waals surface area contributed by atoms with Gasteiger partial charge in [0, 0.05) is 25.4 Å². The van der Waals surface area contributed by atoms with Gasteiger partial charge in [0.15, 0.2) is 0 Å². The Kier molecular flexibility index (Phi) is 5.03. The third-order valence-corrected chi connectivity index (χ3v) is 6.60. The first kappa shape index (κ1) is 15.5. The lowest BCUT2D eigenvalue weighted by Crippen LogP contribution is -2.45. The highest BCUT2D eigenvalue weighted by Gasteiger charge is 2.35. The summed E-state index contributed by atoms with van der Waals surface area (Å²) in [7, 11) is 0. The Labute approximate surface area is 130 Å². The maximum atomic E-state index is 12.3. The lowest BCUT2D eigenvalue weighted by molar-refractivity contribution is -0.127. The Bertz CT molecular complexity index is 365. The molecule has 2 aliphatic carbocycles. The molecule has 120 valence electrons. The minimum Gasteiger partial charge on any atom is -0.302 e. The second kappa shape index (κ2) is 6.81. The van der Waals surface area contributed by atoms with Crippen LogP contribution in [0.1, 0.15) is 65.2 Å². The van der Waals surface area contributed by atoms with Crippen LogP contribution in [0.15, 0.2) is 0 Å². The molecule has 21 heavy (non-hydrogen) atoms. The van der Waals surface area contributed by atoms with Crippen LogP contribution < -0.4 is 0 Å². The number of ketones is 1. The number of hydrogen-bond acceptors (Lipinski definition) is 2. The number of rotatable bonds is 3. The van der Waals surface area contributed by atoms with Crippen LogP contribution >= 0.6 is 0 Å². The number of likely N-dealkylation sites (tertiary alicyclic amines) is 1. The Morgan fingerprint density at radius 2 is 1.86 bits per heavy atom. The number of carbonyl (C=O) groups excluding carboxylic acids is 1. The van der Waals surface area contributed by atoms with Gasteiger partial charge in [-0.15, -0.1) is 0 Å². The van der Waals surface area contributed by atoms with Gasteiger partial charge in [0.2, 0.25) is 0 Å². The molecule has 0 aromatic heterocycles. The zero-order valence-corrected chi connectivity index (χ0v) is 14.0. The van der Waals surface area contributed by atoms with Crippen LogP contribution in [0.2, 0.25) is 0 Å². The summed E-state index contributed by atoms with van der Waals surface area (Å²) >= 11 is 0. The van der Waals surface area contributed by atoms with Crippen molar-refractivity contribution in [3.8, 4) is 0 Å². The highest BCUT2D eigenvalue weighted by Crippen LogP contribution is 2.37. The molecule has 0 aromatic rings. The average Bonchev–Trinajstić information content (AvgIpc) is 2.49. The van der Waals surface area contributed by atoms with Crippen LogP contribution in [0.5, 0.6) is 0 Å². The molecule has 4 unspecified atom stereocenters. The molecule has 2 saturated carbocycles. The monoisotopic (exact) mass is 291 g/mol. The van der Waals surface area contributed by atoms with Crippen LogP contribution in [0.25, 0.3) is 0 Å². The third kappa shape index (κ3) is 3.70. The summed E-state index contributed by atoms with van der Waals surface area (Å²) in [6.07, 6.45) is 10.3. The average molecular weight is 291 g/mol. The van der Waals surface area contributed by atoms with Crippen LogP contribution in [-0.4, -0.2) is 30.3 Å². The topological polar surface area (TPSA) is 20.3 Å². The lowest BCUT2D eigenvalue weighted by atomic mass is 9.73. The smallest absolute Gasteiger partial charge is 0.137 e. The molecule has 0 aromatic carbocycles. The molecule has 2 heteroatoms. The molecular weight excluding hydrogens is 258 g/mol. The van der Waals surface area contributed by atoms with Crippen molar-refractivity contribution in [3.63, 3.8) is 0 Å². The van der Waals surface area contributed by atoms with Gasteiger partial charge in [0.1, 0.15) is 5.78 Å². The summed E-state index contributed by atoms with van der Waals surface area (Å²) in [5.74, 6) is 4.35. The minimum atomic E-state index is 0.339. The number of nitrogens with zero attached hydrogens (tertiary/aromatic N) is 1. The Morgan fingerprint density at radius 3 is 2.62 bits per heavy atom. The van der Waals surface area contributed by atoms with Crippen molar-refractivity contribution in [1.29, 1.82) is 0 Å². The zero-order valence-electron chi connectivity index (χ0n) is 14.0. The van der Waals surface area contributed by atoms with E-state index in [-0.39, 0.29) is 0 Å². The van der Waals surface area contributed by atoms with Gasteiger partial charge < -0.3 is 4.90 Å². The standard InChI is InChI=1S/C19H33NO/c1-14(2)16-7-8-19(21)18(11-16)13-20-10-9-15-5-3-4-6-17(15)12-20/h14-18H,3-13H2,1-2H3. The zero-order chi connectivity index (χ0) is 14.8. The number of hydrogen-bond donors (Lipinski definition) is 0. The summed E-state index contributed by atoms with van der Waals surface area (Å²) in [5.41, 5.74) is 0. The fourth-order valence-electron chi connectivity index (χ4n) is 5.08. The third-order valence-electron chi connectivity index (χ3n) is 6.60. The minimum absolute atomic E-state index is 0.339. The lowest BCUT2D eigenvalue weighted by Gasteiger charge is -2.43. The van der Waals surface area contributed by atoms with Gasteiger partial charge in [-0.2, -0.15) is 0 Å². The first-order valence-electron chi connectivity index (χ1n) is 9.38. The summed E-state index contributed by atoms with van der Waals surface area (Å²) in [6.45, 7) is 8.24. The number of piperidine rings is 1. The first-order valence-corrected chi connectivity index (χ1v) is 9.38. The van der Waals surface area contributed by atoms with Crippen LogP contribution in [-0.2, 0) is 4.79 Å². The predicted octanol–water partition coefficient (Wildman–Crippen LogP) is 4.14. The van der Waals surface area contributed by atoms with Crippen molar-refractivity contribution < 1.29 is 4.79 Å². The molecule has 3 rings (SSSR count). The van der Waals surface area contributed by atoms with Gasteiger partial charge in [-0.25, -0.2) is 0 Å². The molecule has 1 saturated heterocycles. The molecular formula is C19H33NO.